The molecule has 0 aromatic heterocycles. The highest BCUT2D eigenvalue weighted by molar-refractivity contribution is 6.46. The van der Waals surface area contributed by atoms with Crippen molar-refractivity contribution in [2.45, 2.75) is 19.3 Å². The molecule has 2 unspecified atom stereocenters. The van der Waals surface area contributed by atoms with Crippen LogP contribution in [-0.4, -0.2) is 11.6 Å². The Kier molecular flexibility index (Phi) is 2.94. The summed E-state index contributed by atoms with van der Waals surface area (Å²) in [6.07, 6.45) is 5.90. The van der Waals surface area contributed by atoms with E-state index in [4.69, 9.17) is 0 Å². The molecule has 0 amide bonds. The highest BCUT2D eigenvalue weighted by Crippen LogP contribution is 2.38. The third kappa shape index (κ3) is 1.97. The fourth-order valence-corrected chi connectivity index (χ4v) is 3.17. The van der Waals surface area contributed by atoms with Crippen molar-refractivity contribution in [3.8, 4) is 0 Å². The molecule has 0 aliphatic heterocycles. The molecule has 0 bridgehead atoms. The molecule has 19 heavy (non-hydrogen) atoms. The number of ketones is 2. The van der Waals surface area contributed by atoms with E-state index in [1.165, 1.54) is 5.56 Å². The number of hydrogen-bond acceptors (Lipinski definition) is 2. The Morgan fingerprint density at radius 2 is 2.05 bits per heavy atom. The molecule has 1 saturated carbocycles. The lowest BCUT2D eigenvalue weighted by Gasteiger charge is -2.32. The Hall–Kier alpha value is -1.96. The van der Waals surface area contributed by atoms with E-state index in [0.29, 0.717) is 12.0 Å². The first-order chi connectivity index (χ1) is 9.20. The van der Waals surface area contributed by atoms with Crippen LogP contribution in [0.1, 0.15) is 24.0 Å². The molecule has 1 aromatic rings. The Balaban J connectivity index is 1.99. The normalized spacial score (nSPS) is 25.4. The largest absolute Gasteiger partial charge is 0.290 e. The number of fused-ring (bicyclic) bond motifs is 2. The molecule has 0 heterocycles. The van der Waals surface area contributed by atoms with E-state index in [9.17, 15) is 9.59 Å². The first-order valence-corrected chi connectivity index (χ1v) is 6.69. The highest BCUT2D eigenvalue weighted by Gasteiger charge is 2.39. The predicted octanol–water partition coefficient (Wildman–Crippen LogP) is 2.98. The second-order valence-corrected chi connectivity index (χ2v) is 5.35. The molecular formula is C17H16O2. The quantitative estimate of drug-likeness (QED) is 0.599. The SMILES string of the molecule is C=CCC1CC2Cc3ccccc3C=C2C(=O)C1=O. The van der Waals surface area contributed by atoms with Gasteiger partial charge in [-0.1, -0.05) is 30.3 Å². The monoisotopic (exact) mass is 252 g/mol. The van der Waals surface area contributed by atoms with E-state index < -0.39 is 0 Å². The molecule has 3 rings (SSSR count). The average molecular weight is 252 g/mol. The molecule has 2 atom stereocenters. The van der Waals surface area contributed by atoms with Gasteiger partial charge in [-0.3, -0.25) is 9.59 Å². The van der Waals surface area contributed by atoms with Crippen molar-refractivity contribution < 1.29 is 9.59 Å². The second-order valence-electron chi connectivity index (χ2n) is 5.35. The minimum atomic E-state index is -0.280. The van der Waals surface area contributed by atoms with Gasteiger partial charge in [0.15, 0.2) is 0 Å². The van der Waals surface area contributed by atoms with Crippen molar-refractivity contribution in [1.29, 1.82) is 0 Å². The van der Waals surface area contributed by atoms with E-state index in [1.54, 1.807) is 6.08 Å². The molecule has 0 radical (unpaired) electrons. The smallest absolute Gasteiger partial charge is 0.225 e. The number of benzene rings is 1. The van der Waals surface area contributed by atoms with Gasteiger partial charge in [0.1, 0.15) is 0 Å². The van der Waals surface area contributed by atoms with Crippen molar-refractivity contribution in [1.82, 2.24) is 0 Å². The van der Waals surface area contributed by atoms with Crippen LogP contribution in [0.5, 0.6) is 0 Å². The maximum absolute atomic E-state index is 12.2. The van der Waals surface area contributed by atoms with E-state index in [1.807, 2.05) is 24.3 Å². The maximum atomic E-state index is 12.2. The van der Waals surface area contributed by atoms with Gasteiger partial charge in [-0.15, -0.1) is 6.58 Å². The zero-order chi connectivity index (χ0) is 13.4. The van der Waals surface area contributed by atoms with Gasteiger partial charge in [-0.25, -0.2) is 0 Å². The summed E-state index contributed by atoms with van der Waals surface area (Å²) in [7, 11) is 0. The van der Waals surface area contributed by atoms with E-state index in [-0.39, 0.29) is 23.4 Å². The van der Waals surface area contributed by atoms with Crippen LogP contribution in [0.2, 0.25) is 0 Å². The zero-order valence-electron chi connectivity index (χ0n) is 10.8. The minimum Gasteiger partial charge on any atom is -0.290 e. The summed E-state index contributed by atoms with van der Waals surface area (Å²) < 4.78 is 0. The lowest BCUT2D eigenvalue weighted by Crippen LogP contribution is -2.37. The van der Waals surface area contributed by atoms with Gasteiger partial charge in [-0.05, 0) is 42.4 Å². The number of allylic oxidation sites excluding steroid dienone is 2. The topological polar surface area (TPSA) is 34.1 Å². The Morgan fingerprint density at radius 1 is 1.26 bits per heavy atom. The van der Waals surface area contributed by atoms with Crippen LogP contribution < -0.4 is 0 Å². The lowest BCUT2D eigenvalue weighted by molar-refractivity contribution is -0.139. The molecule has 0 spiro atoms. The van der Waals surface area contributed by atoms with Crippen molar-refractivity contribution in [3.63, 3.8) is 0 Å². The van der Waals surface area contributed by atoms with Gasteiger partial charge in [0, 0.05) is 11.5 Å². The summed E-state index contributed by atoms with van der Waals surface area (Å²) in [5, 5.41) is 0. The lowest BCUT2D eigenvalue weighted by atomic mass is 9.70. The van der Waals surface area contributed by atoms with Crippen molar-refractivity contribution in [3.05, 3.63) is 53.6 Å². The fraction of sp³-hybridized carbons (Fsp3) is 0.294. The maximum Gasteiger partial charge on any atom is 0.225 e. The zero-order valence-corrected chi connectivity index (χ0v) is 10.8. The standard InChI is InChI=1S/C17H16O2/c1-2-5-13-9-14-8-11-6-3-4-7-12(11)10-15(14)17(19)16(13)18/h2-4,6-7,10,13-14H,1,5,8-9H2. The first-order valence-electron chi connectivity index (χ1n) is 6.69. The molecule has 1 aromatic carbocycles. The number of rotatable bonds is 2. The number of carbonyl (C=O) groups excluding carboxylic acids is 2. The molecule has 2 aliphatic rings. The Labute approximate surface area is 112 Å². The van der Waals surface area contributed by atoms with Gasteiger partial charge in [0.25, 0.3) is 0 Å². The predicted molar refractivity (Wildman–Crippen MR) is 74.5 cm³/mol. The summed E-state index contributed by atoms with van der Waals surface area (Å²) >= 11 is 0. The van der Waals surface area contributed by atoms with Crippen molar-refractivity contribution >= 4 is 17.6 Å². The van der Waals surface area contributed by atoms with Gasteiger partial charge < -0.3 is 0 Å². The summed E-state index contributed by atoms with van der Waals surface area (Å²) in [6.45, 7) is 3.68. The molecule has 2 heteroatoms. The van der Waals surface area contributed by atoms with Crippen LogP contribution in [-0.2, 0) is 16.0 Å². The molecular weight excluding hydrogens is 236 g/mol. The van der Waals surface area contributed by atoms with Gasteiger partial charge >= 0.3 is 0 Å². The number of Topliss-reactive ketones (excluding diaryl/α,β-unsaturated/α-hetero) is 2. The van der Waals surface area contributed by atoms with Gasteiger partial charge in [0.05, 0.1) is 0 Å². The molecule has 2 aliphatic carbocycles. The Morgan fingerprint density at radius 3 is 2.84 bits per heavy atom. The van der Waals surface area contributed by atoms with Gasteiger partial charge in [-0.2, -0.15) is 0 Å². The summed E-state index contributed by atoms with van der Waals surface area (Å²) in [6, 6.07) is 8.10. The van der Waals surface area contributed by atoms with Crippen LogP contribution >= 0.6 is 0 Å². The van der Waals surface area contributed by atoms with E-state index >= 15 is 0 Å². The van der Waals surface area contributed by atoms with Crippen LogP contribution in [0.25, 0.3) is 6.08 Å². The van der Waals surface area contributed by atoms with Crippen LogP contribution in [0.4, 0.5) is 0 Å². The highest BCUT2D eigenvalue weighted by atomic mass is 16.2. The first kappa shape index (κ1) is 12.1. The van der Waals surface area contributed by atoms with Crippen LogP contribution in [0.3, 0.4) is 0 Å². The molecule has 1 fully saturated rings. The molecule has 2 nitrogen and oxygen atoms in total. The van der Waals surface area contributed by atoms with Crippen molar-refractivity contribution in [2.24, 2.45) is 11.8 Å². The van der Waals surface area contributed by atoms with Gasteiger partial charge in [0.2, 0.25) is 11.6 Å². The summed E-state index contributed by atoms with van der Waals surface area (Å²) in [5.41, 5.74) is 3.07. The fourth-order valence-electron chi connectivity index (χ4n) is 3.17. The van der Waals surface area contributed by atoms with Crippen LogP contribution in [0.15, 0.2) is 42.5 Å². The van der Waals surface area contributed by atoms with E-state index in [2.05, 4.69) is 12.6 Å². The van der Waals surface area contributed by atoms with E-state index in [0.717, 1.165) is 18.4 Å². The molecule has 0 saturated heterocycles. The Bertz CT molecular complexity index is 595. The number of hydrogen-bond donors (Lipinski definition) is 0. The summed E-state index contributed by atoms with van der Waals surface area (Å²) in [4.78, 5) is 24.2. The third-order valence-electron chi connectivity index (χ3n) is 4.15. The number of carbonyl (C=O) groups is 2. The third-order valence-corrected chi connectivity index (χ3v) is 4.15. The molecule has 0 N–H and O–H groups in total. The second kappa shape index (κ2) is 4.61. The van der Waals surface area contributed by atoms with Crippen LogP contribution in [0, 0.1) is 11.8 Å². The van der Waals surface area contributed by atoms with Crippen molar-refractivity contribution in [2.75, 3.05) is 0 Å². The molecule has 96 valence electrons. The minimum absolute atomic E-state index is 0.169. The summed E-state index contributed by atoms with van der Waals surface area (Å²) in [5.74, 6) is -0.484. The average Bonchev–Trinajstić information content (AvgIpc) is 2.43.